The smallest absolute Gasteiger partial charge is 0.261 e. The molecule has 1 N–H and O–H groups in total. The first-order valence-corrected chi connectivity index (χ1v) is 9.23. The van der Waals surface area contributed by atoms with Crippen LogP contribution in [0.3, 0.4) is 0 Å². The molecule has 0 aliphatic carbocycles. The normalized spacial score (nSPS) is 11.4. The average molecular weight is 375 g/mol. The third-order valence-corrected chi connectivity index (χ3v) is 5.06. The molecule has 0 saturated heterocycles. The molecule has 0 amide bonds. The van der Waals surface area contributed by atoms with Crippen molar-refractivity contribution < 1.29 is 12.8 Å². The van der Waals surface area contributed by atoms with Gasteiger partial charge < -0.3 is 4.90 Å². The first kappa shape index (κ1) is 17.9. The largest absolute Gasteiger partial charge is 0.346 e. The zero-order valence-corrected chi connectivity index (χ0v) is 15.3. The summed E-state index contributed by atoms with van der Waals surface area (Å²) < 4.78 is 42.5. The Bertz CT molecular complexity index is 1050. The van der Waals surface area contributed by atoms with Gasteiger partial charge in [-0.2, -0.15) is 4.98 Å². The summed E-state index contributed by atoms with van der Waals surface area (Å²) in [5, 5.41) is 4.31. The van der Waals surface area contributed by atoms with Crippen LogP contribution in [0.2, 0.25) is 0 Å². The van der Waals surface area contributed by atoms with Crippen molar-refractivity contribution in [2.24, 2.45) is 0 Å². The van der Waals surface area contributed by atoms with Crippen molar-refractivity contribution in [1.29, 1.82) is 0 Å². The Labute approximate surface area is 151 Å². The van der Waals surface area contributed by atoms with E-state index in [2.05, 4.69) is 14.8 Å². The fraction of sp³-hybridized carbons (Fsp3) is 0.176. The van der Waals surface area contributed by atoms with Crippen LogP contribution in [0.25, 0.3) is 5.69 Å². The van der Waals surface area contributed by atoms with Crippen LogP contribution in [0, 0.1) is 12.7 Å². The molecule has 3 aromatic rings. The average Bonchev–Trinajstić information content (AvgIpc) is 3.07. The van der Waals surface area contributed by atoms with E-state index in [-0.39, 0.29) is 10.5 Å². The Hall–Kier alpha value is -2.94. The number of benzene rings is 2. The molecular weight excluding hydrogens is 357 g/mol. The molecule has 0 aliphatic rings. The highest BCUT2D eigenvalue weighted by Crippen LogP contribution is 2.20. The highest BCUT2D eigenvalue weighted by atomic mass is 32.2. The van der Waals surface area contributed by atoms with Crippen LogP contribution in [0.5, 0.6) is 0 Å². The minimum atomic E-state index is -3.83. The molecule has 9 heteroatoms. The van der Waals surface area contributed by atoms with E-state index in [0.29, 0.717) is 17.3 Å². The maximum absolute atomic E-state index is 13.4. The lowest BCUT2D eigenvalue weighted by molar-refractivity contribution is 0.598. The van der Waals surface area contributed by atoms with Crippen molar-refractivity contribution >= 4 is 21.7 Å². The maximum Gasteiger partial charge on any atom is 0.261 e. The number of anilines is 2. The van der Waals surface area contributed by atoms with Crippen LogP contribution >= 0.6 is 0 Å². The zero-order chi connectivity index (χ0) is 18.9. The standard InChI is InChI=1S/C17H18FN5O2S/c1-12-9-15(7-8-16(12)18)26(24,25)21-13-5-4-6-14(10-13)23-11-19-17(20-23)22(2)3/h4-11,21H,1-3H3. The van der Waals surface area contributed by atoms with Gasteiger partial charge in [0.25, 0.3) is 10.0 Å². The Balaban J connectivity index is 1.89. The van der Waals surface area contributed by atoms with E-state index in [1.54, 1.807) is 40.2 Å². The fourth-order valence-corrected chi connectivity index (χ4v) is 3.43. The van der Waals surface area contributed by atoms with Crippen molar-refractivity contribution in [3.63, 3.8) is 0 Å². The van der Waals surface area contributed by atoms with Gasteiger partial charge in [0.05, 0.1) is 16.3 Å². The van der Waals surface area contributed by atoms with Crippen molar-refractivity contribution in [1.82, 2.24) is 14.8 Å². The van der Waals surface area contributed by atoms with Gasteiger partial charge in [-0.05, 0) is 48.9 Å². The van der Waals surface area contributed by atoms with Crippen molar-refractivity contribution in [3.8, 4) is 5.69 Å². The van der Waals surface area contributed by atoms with E-state index < -0.39 is 15.8 Å². The number of nitrogens with one attached hydrogen (secondary N) is 1. The van der Waals surface area contributed by atoms with Gasteiger partial charge >= 0.3 is 0 Å². The predicted octanol–water partition coefficient (Wildman–Crippen LogP) is 2.58. The zero-order valence-electron chi connectivity index (χ0n) is 14.5. The van der Waals surface area contributed by atoms with Crippen molar-refractivity contribution in [2.45, 2.75) is 11.8 Å². The van der Waals surface area contributed by atoms with Crippen molar-refractivity contribution in [2.75, 3.05) is 23.7 Å². The molecule has 0 spiro atoms. The third-order valence-electron chi connectivity index (χ3n) is 3.68. The second-order valence-corrected chi connectivity index (χ2v) is 7.63. The SMILES string of the molecule is Cc1cc(S(=O)(=O)Nc2cccc(-n3cnc(N(C)C)n3)c2)ccc1F. The van der Waals surface area contributed by atoms with E-state index in [1.165, 1.54) is 19.1 Å². The monoisotopic (exact) mass is 375 g/mol. The van der Waals surface area contributed by atoms with Gasteiger partial charge in [-0.15, -0.1) is 5.10 Å². The summed E-state index contributed by atoms with van der Waals surface area (Å²) in [6.45, 7) is 1.52. The van der Waals surface area contributed by atoms with Gasteiger partial charge in [-0.1, -0.05) is 6.07 Å². The molecule has 26 heavy (non-hydrogen) atoms. The second kappa shape index (κ2) is 6.75. The Morgan fingerprint density at radius 2 is 1.92 bits per heavy atom. The quantitative estimate of drug-likeness (QED) is 0.741. The van der Waals surface area contributed by atoms with Crippen LogP contribution < -0.4 is 9.62 Å². The van der Waals surface area contributed by atoms with Crippen LogP contribution in [-0.4, -0.2) is 37.3 Å². The van der Waals surface area contributed by atoms with Crippen LogP contribution in [0.4, 0.5) is 16.0 Å². The highest BCUT2D eigenvalue weighted by Gasteiger charge is 2.16. The Morgan fingerprint density at radius 3 is 2.58 bits per heavy atom. The summed E-state index contributed by atoms with van der Waals surface area (Å²) in [5.41, 5.74) is 1.29. The molecule has 0 bridgehead atoms. The summed E-state index contributed by atoms with van der Waals surface area (Å²) in [6.07, 6.45) is 1.55. The summed E-state index contributed by atoms with van der Waals surface area (Å²) in [6, 6.07) is 10.4. The number of nitrogens with zero attached hydrogens (tertiary/aromatic N) is 4. The molecule has 2 aromatic carbocycles. The number of rotatable bonds is 5. The number of halogens is 1. The maximum atomic E-state index is 13.4. The molecule has 0 atom stereocenters. The molecule has 1 heterocycles. The van der Waals surface area contributed by atoms with E-state index in [9.17, 15) is 12.8 Å². The molecule has 136 valence electrons. The van der Waals surface area contributed by atoms with Gasteiger partial charge in [-0.25, -0.2) is 17.5 Å². The van der Waals surface area contributed by atoms with Gasteiger partial charge in [0, 0.05) is 14.1 Å². The van der Waals surface area contributed by atoms with Crippen LogP contribution in [0.15, 0.2) is 53.7 Å². The number of aromatic nitrogens is 3. The molecule has 0 saturated carbocycles. The third kappa shape index (κ3) is 3.67. The Kier molecular flexibility index (Phi) is 4.64. The molecule has 0 unspecified atom stereocenters. The van der Waals surface area contributed by atoms with E-state index in [4.69, 9.17) is 0 Å². The molecular formula is C17H18FN5O2S. The molecule has 7 nitrogen and oxygen atoms in total. The van der Waals surface area contributed by atoms with Gasteiger partial charge in [0.2, 0.25) is 5.95 Å². The molecule has 0 fully saturated rings. The van der Waals surface area contributed by atoms with E-state index in [1.807, 2.05) is 14.1 Å². The summed E-state index contributed by atoms with van der Waals surface area (Å²) in [7, 11) is -0.173. The first-order chi connectivity index (χ1) is 12.3. The Morgan fingerprint density at radius 1 is 1.15 bits per heavy atom. The lowest BCUT2D eigenvalue weighted by Crippen LogP contribution is -2.13. The number of sulfonamides is 1. The summed E-state index contributed by atoms with van der Waals surface area (Å²) in [4.78, 5) is 5.93. The van der Waals surface area contributed by atoms with Crippen LogP contribution in [-0.2, 0) is 10.0 Å². The van der Waals surface area contributed by atoms with Crippen molar-refractivity contribution in [3.05, 3.63) is 60.2 Å². The van der Waals surface area contributed by atoms with Gasteiger partial charge in [-0.3, -0.25) is 4.72 Å². The molecule has 1 aromatic heterocycles. The number of hydrogen-bond donors (Lipinski definition) is 1. The first-order valence-electron chi connectivity index (χ1n) is 7.75. The fourth-order valence-electron chi connectivity index (χ4n) is 2.29. The lowest BCUT2D eigenvalue weighted by atomic mass is 10.2. The lowest BCUT2D eigenvalue weighted by Gasteiger charge is -2.10. The predicted molar refractivity (Wildman–Crippen MR) is 97.6 cm³/mol. The number of aryl methyl sites for hydroxylation is 1. The molecule has 0 aliphatic heterocycles. The highest BCUT2D eigenvalue weighted by molar-refractivity contribution is 7.92. The minimum Gasteiger partial charge on any atom is -0.346 e. The second-order valence-electron chi connectivity index (χ2n) is 5.95. The minimum absolute atomic E-state index is 0.00236. The summed E-state index contributed by atoms with van der Waals surface area (Å²) >= 11 is 0. The summed E-state index contributed by atoms with van der Waals surface area (Å²) in [5.74, 6) is 0.0894. The molecule has 3 rings (SSSR count). The van der Waals surface area contributed by atoms with Gasteiger partial charge in [0.1, 0.15) is 12.1 Å². The van der Waals surface area contributed by atoms with E-state index in [0.717, 1.165) is 6.07 Å². The topological polar surface area (TPSA) is 80.1 Å². The van der Waals surface area contributed by atoms with E-state index >= 15 is 0 Å². The van der Waals surface area contributed by atoms with Crippen LogP contribution in [0.1, 0.15) is 5.56 Å². The van der Waals surface area contributed by atoms with Gasteiger partial charge in [0.15, 0.2) is 0 Å². The number of hydrogen-bond acceptors (Lipinski definition) is 5. The molecule has 0 radical (unpaired) electrons.